The molecule has 2 rings (SSSR count). The van der Waals surface area contributed by atoms with E-state index in [-0.39, 0.29) is 11.6 Å². The Bertz CT molecular complexity index is 357. The Morgan fingerprint density at radius 1 is 1.44 bits per heavy atom. The van der Waals surface area contributed by atoms with Gasteiger partial charge in [0, 0.05) is 18.0 Å². The smallest absolute Gasteiger partial charge is 0.137 e. The van der Waals surface area contributed by atoms with Crippen molar-refractivity contribution in [3.63, 3.8) is 0 Å². The van der Waals surface area contributed by atoms with E-state index in [1.807, 2.05) is 0 Å². The monoisotopic (exact) mass is 225 g/mol. The molecule has 0 saturated carbocycles. The lowest BCUT2D eigenvalue weighted by Crippen LogP contribution is -2.30. The highest BCUT2D eigenvalue weighted by Gasteiger charge is 2.32. The van der Waals surface area contributed by atoms with E-state index in [0.29, 0.717) is 6.42 Å². The third kappa shape index (κ3) is 2.40. The number of rotatable bonds is 3. The summed E-state index contributed by atoms with van der Waals surface area (Å²) in [6.07, 6.45) is 2.40. The van der Waals surface area contributed by atoms with Crippen LogP contribution in [0.25, 0.3) is 0 Å². The van der Waals surface area contributed by atoms with Crippen molar-refractivity contribution in [1.29, 1.82) is 0 Å². The van der Waals surface area contributed by atoms with Gasteiger partial charge in [-0.15, -0.1) is 0 Å². The normalized spacial score (nSPS) is 24.3. The molecule has 1 aliphatic heterocycles. The Morgan fingerprint density at radius 2 is 2.19 bits per heavy atom. The van der Waals surface area contributed by atoms with Crippen LogP contribution >= 0.6 is 0 Å². The highest BCUT2D eigenvalue weighted by Crippen LogP contribution is 2.33. The Kier molecular flexibility index (Phi) is 3.24. The van der Waals surface area contributed by atoms with Crippen LogP contribution in [0.15, 0.2) is 24.3 Å². The van der Waals surface area contributed by atoms with E-state index in [9.17, 15) is 8.78 Å². The van der Waals surface area contributed by atoms with Crippen LogP contribution in [0.4, 0.5) is 8.78 Å². The topological polar surface area (TPSA) is 12.0 Å². The molecule has 3 heteroatoms. The summed E-state index contributed by atoms with van der Waals surface area (Å²) in [5, 5.41) is 3.24. The molecule has 1 N–H and O–H groups in total. The molecular formula is C13H17F2N. The SMILES string of the molecule is CC(F)(CC1CCCN1)c1ccccc1F. The van der Waals surface area contributed by atoms with Crippen molar-refractivity contribution in [3.8, 4) is 0 Å². The van der Waals surface area contributed by atoms with Gasteiger partial charge in [-0.3, -0.25) is 0 Å². The standard InChI is InChI=1S/C13H17F2N/c1-13(15,9-10-5-4-8-16-10)11-6-2-3-7-12(11)14/h2-3,6-7,10,16H,4-5,8-9H2,1H3. The molecule has 0 aliphatic carbocycles. The quantitative estimate of drug-likeness (QED) is 0.833. The average molecular weight is 225 g/mol. The van der Waals surface area contributed by atoms with Gasteiger partial charge >= 0.3 is 0 Å². The molecule has 1 aromatic carbocycles. The molecule has 1 aromatic rings. The molecule has 0 bridgehead atoms. The van der Waals surface area contributed by atoms with Crippen molar-refractivity contribution in [1.82, 2.24) is 5.32 Å². The third-order valence-corrected chi connectivity index (χ3v) is 3.23. The van der Waals surface area contributed by atoms with Gasteiger partial charge in [0.15, 0.2) is 0 Å². The molecule has 1 aliphatic rings. The van der Waals surface area contributed by atoms with Crippen LogP contribution in [-0.4, -0.2) is 12.6 Å². The predicted octanol–water partition coefficient (Wildman–Crippen LogP) is 3.15. The molecular weight excluding hydrogens is 208 g/mol. The molecule has 1 fully saturated rings. The molecule has 0 spiro atoms. The van der Waals surface area contributed by atoms with Gasteiger partial charge in [0.1, 0.15) is 11.5 Å². The molecule has 0 amide bonds. The van der Waals surface area contributed by atoms with Gasteiger partial charge in [0.25, 0.3) is 0 Å². The summed E-state index contributed by atoms with van der Waals surface area (Å²) in [6.45, 7) is 2.41. The molecule has 88 valence electrons. The second-order valence-electron chi connectivity index (χ2n) is 4.67. The Labute approximate surface area is 94.9 Å². The molecule has 2 unspecified atom stereocenters. The van der Waals surface area contributed by atoms with E-state index in [1.54, 1.807) is 12.1 Å². The summed E-state index contributed by atoms with van der Waals surface area (Å²) in [5.41, 5.74) is -1.42. The van der Waals surface area contributed by atoms with E-state index in [4.69, 9.17) is 0 Å². The lowest BCUT2D eigenvalue weighted by Gasteiger charge is -2.25. The maximum atomic E-state index is 14.5. The molecule has 0 aromatic heterocycles. The fourth-order valence-corrected chi connectivity index (χ4v) is 2.39. The predicted molar refractivity (Wildman–Crippen MR) is 60.5 cm³/mol. The maximum absolute atomic E-state index is 14.5. The minimum absolute atomic E-state index is 0.170. The zero-order chi connectivity index (χ0) is 11.6. The Balaban J connectivity index is 2.14. The van der Waals surface area contributed by atoms with Gasteiger partial charge in [-0.2, -0.15) is 0 Å². The zero-order valence-corrected chi connectivity index (χ0v) is 9.47. The molecule has 1 saturated heterocycles. The van der Waals surface area contributed by atoms with Crippen LogP contribution in [0.5, 0.6) is 0 Å². The molecule has 16 heavy (non-hydrogen) atoms. The van der Waals surface area contributed by atoms with Gasteiger partial charge in [-0.05, 0) is 32.4 Å². The number of nitrogens with one attached hydrogen (secondary N) is 1. The van der Waals surface area contributed by atoms with Gasteiger partial charge in [-0.25, -0.2) is 8.78 Å². The van der Waals surface area contributed by atoms with Crippen molar-refractivity contribution in [2.75, 3.05) is 6.54 Å². The van der Waals surface area contributed by atoms with Crippen molar-refractivity contribution in [2.24, 2.45) is 0 Å². The molecule has 1 nitrogen and oxygen atoms in total. The number of halogens is 2. The molecule has 2 atom stereocenters. The molecule has 1 heterocycles. The summed E-state index contributed by atoms with van der Waals surface area (Å²) in [4.78, 5) is 0. The van der Waals surface area contributed by atoms with E-state index in [2.05, 4.69) is 5.32 Å². The number of benzene rings is 1. The minimum Gasteiger partial charge on any atom is -0.314 e. The van der Waals surface area contributed by atoms with E-state index < -0.39 is 11.5 Å². The first-order chi connectivity index (χ1) is 7.59. The summed E-state index contributed by atoms with van der Waals surface area (Å²) >= 11 is 0. The second-order valence-corrected chi connectivity index (χ2v) is 4.67. The van der Waals surface area contributed by atoms with Gasteiger partial charge < -0.3 is 5.32 Å². The summed E-state index contributed by atoms with van der Waals surface area (Å²) in [7, 11) is 0. The number of alkyl halides is 1. The molecule has 0 radical (unpaired) electrons. The zero-order valence-electron chi connectivity index (χ0n) is 9.47. The third-order valence-electron chi connectivity index (χ3n) is 3.23. The van der Waals surface area contributed by atoms with E-state index >= 15 is 0 Å². The fraction of sp³-hybridized carbons (Fsp3) is 0.538. The van der Waals surface area contributed by atoms with Crippen LogP contribution in [-0.2, 0) is 5.67 Å². The van der Waals surface area contributed by atoms with Gasteiger partial charge in [-0.1, -0.05) is 18.2 Å². The first-order valence-electron chi connectivity index (χ1n) is 5.77. The first kappa shape index (κ1) is 11.5. The van der Waals surface area contributed by atoms with Crippen LogP contribution in [0.3, 0.4) is 0 Å². The second kappa shape index (κ2) is 4.50. The summed E-state index contributed by atoms with van der Waals surface area (Å²) in [6, 6.07) is 6.29. The minimum atomic E-state index is -1.59. The van der Waals surface area contributed by atoms with Crippen LogP contribution < -0.4 is 5.32 Å². The van der Waals surface area contributed by atoms with Crippen molar-refractivity contribution < 1.29 is 8.78 Å². The maximum Gasteiger partial charge on any atom is 0.137 e. The summed E-state index contributed by atoms with van der Waals surface area (Å²) in [5.74, 6) is -0.453. The fourth-order valence-electron chi connectivity index (χ4n) is 2.39. The first-order valence-corrected chi connectivity index (χ1v) is 5.77. The van der Waals surface area contributed by atoms with E-state index in [1.165, 1.54) is 19.1 Å². The highest BCUT2D eigenvalue weighted by molar-refractivity contribution is 5.24. The van der Waals surface area contributed by atoms with Gasteiger partial charge in [0.05, 0.1) is 0 Å². The van der Waals surface area contributed by atoms with Crippen molar-refractivity contribution in [2.45, 2.75) is 37.9 Å². The van der Waals surface area contributed by atoms with Crippen LogP contribution in [0.1, 0.15) is 31.7 Å². The number of hydrogen-bond acceptors (Lipinski definition) is 1. The van der Waals surface area contributed by atoms with Crippen molar-refractivity contribution in [3.05, 3.63) is 35.6 Å². The van der Waals surface area contributed by atoms with Crippen LogP contribution in [0.2, 0.25) is 0 Å². The highest BCUT2D eigenvalue weighted by atomic mass is 19.1. The van der Waals surface area contributed by atoms with Crippen LogP contribution in [0, 0.1) is 5.82 Å². The van der Waals surface area contributed by atoms with E-state index in [0.717, 1.165) is 19.4 Å². The number of hydrogen-bond donors (Lipinski definition) is 1. The average Bonchev–Trinajstić information content (AvgIpc) is 2.70. The van der Waals surface area contributed by atoms with Crippen molar-refractivity contribution >= 4 is 0 Å². The lowest BCUT2D eigenvalue weighted by molar-refractivity contribution is 0.153. The van der Waals surface area contributed by atoms with Gasteiger partial charge in [0.2, 0.25) is 0 Å². The summed E-state index contributed by atoms with van der Waals surface area (Å²) < 4.78 is 28.0. The Hall–Kier alpha value is -0.960. The lowest BCUT2D eigenvalue weighted by atomic mass is 9.90. The largest absolute Gasteiger partial charge is 0.314 e. The Morgan fingerprint density at radius 3 is 2.81 bits per heavy atom.